The topological polar surface area (TPSA) is 55.6 Å². The Bertz CT molecular complexity index is 771. The van der Waals surface area contributed by atoms with Crippen LogP contribution in [0.4, 0.5) is 5.95 Å². The maximum atomic E-state index is 4.63. The molecule has 3 heterocycles. The zero-order valence-electron chi connectivity index (χ0n) is 12.1. The molecule has 104 valence electrons. The molecule has 0 aliphatic carbocycles. The van der Waals surface area contributed by atoms with Crippen LogP contribution in [-0.4, -0.2) is 26.3 Å². The van der Waals surface area contributed by atoms with Crippen molar-refractivity contribution in [2.75, 3.05) is 11.9 Å². The lowest BCUT2D eigenvalue weighted by Crippen LogP contribution is -2.08. The summed E-state index contributed by atoms with van der Waals surface area (Å²) in [7, 11) is 0. The van der Waals surface area contributed by atoms with E-state index in [0.29, 0.717) is 5.95 Å². The van der Waals surface area contributed by atoms with Crippen LogP contribution in [-0.2, 0) is 0 Å². The normalized spacial score (nSPS) is 11.2. The summed E-state index contributed by atoms with van der Waals surface area (Å²) in [4.78, 5) is 10.1. The van der Waals surface area contributed by atoms with Crippen molar-refractivity contribution in [2.24, 2.45) is 0 Å². The van der Waals surface area contributed by atoms with Gasteiger partial charge in [-0.3, -0.25) is 0 Å². The number of thiophene rings is 1. The fourth-order valence-corrected chi connectivity index (χ4v) is 2.92. The highest BCUT2D eigenvalue weighted by molar-refractivity contribution is 7.16. The molecule has 0 fully saturated rings. The van der Waals surface area contributed by atoms with Crippen LogP contribution in [0.2, 0.25) is 0 Å². The van der Waals surface area contributed by atoms with Gasteiger partial charge in [-0.15, -0.1) is 11.3 Å². The average molecular weight is 287 g/mol. The molecule has 0 aliphatic heterocycles. The van der Waals surface area contributed by atoms with Crippen molar-refractivity contribution in [1.82, 2.24) is 19.7 Å². The van der Waals surface area contributed by atoms with Crippen LogP contribution in [0.3, 0.4) is 0 Å². The zero-order chi connectivity index (χ0) is 14.3. The first-order chi connectivity index (χ1) is 9.61. The van der Waals surface area contributed by atoms with E-state index in [1.807, 2.05) is 23.9 Å². The number of hydrogen-bond donors (Lipinski definition) is 1. The Hall–Kier alpha value is -1.95. The van der Waals surface area contributed by atoms with Gasteiger partial charge in [0.15, 0.2) is 5.82 Å². The Kier molecular flexibility index (Phi) is 3.17. The highest BCUT2D eigenvalue weighted by atomic mass is 32.1. The molecule has 0 unspecified atom stereocenters. The number of nitrogens with one attached hydrogen (secondary N) is 1. The quantitative estimate of drug-likeness (QED) is 0.803. The van der Waals surface area contributed by atoms with E-state index >= 15 is 0 Å². The van der Waals surface area contributed by atoms with Gasteiger partial charge in [0.1, 0.15) is 4.83 Å². The molecular weight excluding hydrogens is 270 g/mol. The van der Waals surface area contributed by atoms with Crippen LogP contribution in [0.15, 0.2) is 11.4 Å². The molecule has 0 aliphatic rings. The molecule has 5 nitrogen and oxygen atoms in total. The molecule has 3 aromatic heterocycles. The SMILES string of the molecule is CCNc1nc(-n2nc(C)c(C)c2C)c2ccsc2n1. The predicted octanol–water partition coefficient (Wildman–Crippen LogP) is 3.23. The smallest absolute Gasteiger partial charge is 0.226 e. The van der Waals surface area contributed by atoms with Crippen LogP contribution >= 0.6 is 11.3 Å². The van der Waals surface area contributed by atoms with E-state index in [-0.39, 0.29) is 0 Å². The zero-order valence-corrected chi connectivity index (χ0v) is 12.9. The predicted molar refractivity (Wildman–Crippen MR) is 82.9 cm³/mol. The maximum Gasteiger partial charge on any atom is 0.226 e. The minimum atomic E-state index is 0.655. The molecule has 6 heteroatoms. The number of hydrogen-bond acceptors (Lipinski definition) is 5. The Balaban J connectivity index is 2.28. The molecule has 0 aromatic carbocycles. The van der Waals surface area contributed by atoms with Crippen LogP contribution in [0.1, 0.15) is 23.9 Å². The fraction of sp³-hybridized carbons (Fsp3) is 0.357. The van der Waals surface area contributed by atoms with Crippen molar-refractivity contribution >= 4 is 27.5 Å². The number of aromatic nitrogens is 4. The fourth-order valence-electron chi connectivity index (χ4n) is 2.17. The monoisotopic (exact) mass is 287 g/mol. The van der Waals surface area contributed by atoms with Crippen molar-refractivity contribution in [3.63, 3.8) is 0 Å². The summed E-state index contributed by atoms with van der Waals surface area (Å²) in [6, 6.07) is 2.05. The summed E-state index contributed by atoms with van der Waals surface area (Å²) in [5.74, 6) is 1.50. The van der Waals surface area contributed by atoms with Gasteiger partial charge >= 0.3 is 0 Å². The van der Waals surface area contributed by atoms with Gasteiger partial charge < -0.3 is 5.32 Å². The molecule has 0 radical (unpaired) electrons. The van der Waals surface area contributed by atoms with Crippen molar-refractivity contribution < 1.29 is 0 Å². The lowest BCUT2D eigenvalue weighted by atomic mass is 10.2. The maximum absolute atomic E-state index is 4.63. The second kappa shape index (κ2) is 4.86. The van der Waals surface area contributed by atoms with Crippen LogP contribution in [0.25, 0.3) is 16.0 Å². The first kappa shape index (κ1) is 13.1. The minimum Gasteiger partial charge on any atom is -0.354 e. The lowest BCUT2D eigenvalue weighted by molar-refractivity contribution is 0.810. The van der Waals surface area contributed by atoms with Gasteiger partial charge in [-0.1, -0.05) is 0 Å². The molecule has 3 rings (SSSR count). The Morgan fingerprint density at radius 3 is 2.70 bits per heavy atom. The van der Waals surface area contributed by atoms with Gasteiger partial charge in [-0.05, 0) is 44.7 Å². The molecule has 0 spiro atoms. The minimum absolute atomic E-state index is 0.655. The molecule has 1 N–H and O–H groups in total. The van der Waals surface area contributed by atoms with Gasteiger partial charge in [0.25, 0.3) is 0 Å². The Morgan fingerprint density at radius 2 is 2.05 bits per heavy atom. The standard InChI is InChI=1S/C14H17N5S/c1-5-15-14-16-12(11-6-7-20-13(11)17-14)19-10(4)8(2)9(3)18-19/h6-7H,5H2,1-4H3,(H,15,16,17). The van der Waals surface area contributed by atoms with Gasteiger partial charge in [0.2, 0.25) is 5.95 Å². The molecule has 3 aromatic rings. The second-order valence-electron chi connectivity index (χ2n) is 4.75. The summed E-state index contributed by atoms with van der Waals surface area (Å²) in [5.41, 5.74) is 3.36. The highest BCUT2D eigenvalue weighted by Crippen LogP contribution is 2.27. The Labute approximate surface area is 121 Å². The van der Waals surface area contributed by atoms with Gasteiger partial charge in [-0.2, -0.15) is 10.1 Å². The summed E-state index contributed by atoms with van der Waals surface area (Å²) in [6.07, 6.45) is 0. The second-order valence-corrected chi connectivity index (χ2v) is 5.64. The number of anilines is 1. The number of aryl methyl sites for hydroxylation is 1. The first-order valence-electron chi connectivity index (χ1n) is 6.64. The van der Waals surface area contributed by atoms with E-state index in [2.05, 4.69) is 40.3 Å². The highest BCUT2D eigenvalue weighted by Gasteiger charge is 2.15. The number of rotatable bonds is 3. The van der Waals surface area contributed by atoms with Gasteiger partial charge in [0, 0.05) is 12.2 Å². The van der Waals surface area contributed by atoms with E-state index in [1.54, 1.807) is 11.3 Å². The first-order valence-corrected chi connectivity index (χ1v) is 7.52. The molecule has 0 amide bonds. The average Bonchev–Trinajstić information content (AvgIpc) is 2.99. The molecule has 0 saturated heterocycles. The number of fused-ring (bicyclic) bond motifs is 1. The van der Waals surface area contributed by atoms with Crippen molar-refractivity contribution in [1.29, 1.82) is 0 Å². The molecule has 0 saturated carbocycles. The van der Waals surface area contributed by atoms with E-state index in [1.165, 1.54) is 5.56 Å². The summed E-state index contributed by atoms with van der Waals surface area (Å²) < 4.78 is 1.92. The third-order valence-electron chi connectivity index (χ3n) is 3.49. The third kappa shape index (κ3) is 1.96. The summed E-state index contributed by atoms with van der Waals surface area (Å²) in [6.45, 7) is 9.02. The van der Waals surface area contributed by atoms with E-state index in [9.17, 15) is 0 Å². The van der Waals surface area contributed by atoms with Crippen molar-refractivity contribution in [3.05, 3.63) is 28.4 Å². The van der Waals surface area contributed by atoms with Gasteiger partial charge in [0.05, 0.1) is 11.1 Å². The van der Waals surface area contributed by atoms with Crippen LogP contribution in [0, 0.1) is 20.8 Å². The largest absolute Gasteiger partial charge is 0.354 e. The van der Waals surface area contributed by atoms with Crippen LogP contribution < -0.4 is 5.32 Å². The van der Waals surface area contributed by atoms with Crippen molar-refractivity contribution in [3.8, 4) is 5.82 Å². The molecule has 0 atom stereocenters. The molecule has 20 heavy (non-hydrogen) atoms. The van der Waals surface area contributed by atoms with E-state index in [4.69, 9.17) is 0 Å². The van der Waals surface area contributed by atoms with Gasteiger partial charge in [-0.25, -0.2) is 9.67 Å². The summed E-state index contributed by atoms with van der Waals surface area (Å²) in [5, 5.41) is 10.9. The lowest BCUT2D eigenvalue weighted by Gasteiger charge is -2.08. The van der Waals surface area contributed by atoms with Crippen molar-refractivity contribution in [2.45, 2.75) is 27.7 Å². The Morgan fingerprint density at radius 1 is 1.25 bits per heavy atom. The molecular formula is C14H17N5S. The van der Waals surface area contributed by atoms with E-state index < -0.39 is 0 Å². The summed E-state index contributed by atoms with van der Waals surface area (Å²) >= 11 is 1.62. The molecule has 0 bridgehead atoms. The van der Waals surface area contributed by atoms with Crippen LogP contribution in [0.5, 0.6) is 0 Å². The van der Waals surface area contributed by atoms with E-state index in [0.717, 1.165) is 34.0 Å². The third-order valence-corrected chi connectivity index (χ3v) is 4.30. The number of nitrogens with zero attached hydrogens (tertiary/aromatic N) is 4.